The molecular weight excluding hydrogens is 878 g/mol. The fourth-order valence-electron chi connectivity index (χ4n) is 12.7. The number of hydrogen-bond acceptors (Lipinski definition) is 14. The molecule has 368 valence electrons. The van der Waals surface area contributed by atoms with Gasteiger partial charge in [0, 0.05) is 36.9 Å². The minimum Gasteiger partial charge on any atom is -0.456 e. The predicted molar refractivity (Wildman–Crippen MR) is 251 cm³/mol. The Bertz CT molecular complexity index is 2220. The Hall–Kier alpha value is -3.87. The van der Waals surface area contributed by atoms with E-state index >= 15 is 9.18 Å². The fourth-order valence-corrected chi connectivity index (χ4v) is 18.2. The summed E-state index contributed by atoms with van der Waals surface area (Å²) in [5.74, 6) is -3.70. The predicted octanol–water partition coefficient (Wildman–Crippen LogP) is 7.24. The number of rotatable bonds is 15. The Labute approximate surface area is 396 Å². The molecular formula is C51H72FN3O11Si. The van der Waals surface area contributed by atoms with Crippen LogP contribution in [0.4, 0.5) is 4.39 Å². The van der Waals surface area contributed by atoms with Crippen molar-refractivity contribution in [2.24, 2.45) is 16.7 Å². The summed E-state index contributed by atoms with van der Waals surface area (Å²) < 4.78 is 63.1. The first-order chi connectivity index (χ1) is 31.4. The molecule has 1 saturated carbocycles. The van der Waals surface area contributed by atoms with E-state index < -0.39 is 109 Å². The monoisotopic (exact) mass is 949 g/mol. The zero-order chi connectivity index (χ0) is 49.2. The van der Waals surface area contributed by atoms with Crippen LogP contribution in [0.5, 0.6) is 0 Å². The molecule has 2 aliphatic heterocycles. The van der Waals surface area contributed by atoms with Crippen molar-refractivity contribution < 1.29 is 56.7 Å². The highest BCUT2D eigenvalue weighted by Gasteiger charge is 2.76. The minimum atomic E-state index is -2.91. The highest BCUT2D eigenvalue weighted by Crippen LogP contribution is 2.65. The molecule has 67 heavy (non-hydrogen) atoms. The lowest BCUT2D eigenvalue weighted by molar-refractivity contribution is -0.316. The van der Waals surface area contributed by atoms with Crippen molar-refractivity contribution in [3.05, 3.63) is 89.0 Å². The second-order valence-corrected chi connectivity index (χ2v) is 26.7. The van der Waals surface area contributed by atoms with Crippen molar-refractivity contribution in [3.63, 3.8) is 0 Å². The van der Waals surface area contributed by atoms with Crippen LogP contribution in [0.1, 0.15) is 105 Å². The molecule has 1 aromatic carbocycles. The van der Waals surface area contributed by atoms with Crippen molar-refractivity contribution in [1.82, 2.24) is 15.2 Å². The quantitative estimate of drug-likeness (QED) is 0.0795. The Morgan fingerprint density at radius 1 is 0.985 bits per heavy atom. The molecule has 1 aromatic heterocycles. The molecule has 0 spiro atoms. The fraction of sp³-hybridized carbons (Fsp3) is 0.647. The van der Waals surface area contributed by atoms with Crippen LogP contribution in [-0.2, 0) is 42.4 Å². The van der Waals surface area contributed by atoms with Crippen molar-refractivity contribution in [2.75, 3.05) is 34.3 Å². The van der Waals surface area contributed by atoms with Gasteiger partial charge in [-0.15, -0.1) is 0 Å². The van der Waals surface area contributed by atoms with E-state index in [0.29, 0.717) is 17.7 Å². The Morgan fingerprint density at radius 2 is 1.64 bits per heavy atom. The lowest BCUT2D eigenvalue weighted by Gasteiger charge is -2.66. The van der Waals surface area contributed by atoms with E-state index in [1.165, 1.54) is 25.3 Å². The van der Waals surface area contributed by atoms with Gasteiger partial charge < -0.3 is 48.2 Å². The SMILES string of the molecule is CN[C@@H](c1ncccc1F)[C@@H](O[Si](C(C)C)(C(C)C)C(C)C)C(=O)O[C@H]1C[C@@]2(O)[C@@H](OC(=O)c3ccccc3)[C@H]3[C@@](C)(C=C[C@H]4OC[C@]43OC(C)=O)[C@@H]3O[C@H](CN(C)C)O[C@@H]3C(=C1C)C2(C)C. The van der Waals surface area contributed by atoms with Crippen molar-refractivity contribution in [2.45, 2.75) is 159 Å². The number of benzene rings is 1. The molecule has 5 aliphatic rings. The highest BCUT2D eigenvalue weighted by molar-refractivity contribution is 6.77. The van der Waals surface area contributed by atoms with Gasteiger partial charge in [0.15, 0.2) is 18.0 Å². The van der Waals surface area contributed by atoms with Gasteiger partial charge in [-0.25, -0.2) is 14.0 Å². The number of aliphatic hydroxyl groups is 1. The average Bonchev–Trinajstić information content (AvgIpc) is 3.65. The van der Waals surface area contributed by atoms with Gasteiger partial charge in [0.25, 0.3) is 0 Å². The number of nitrogens with zero attached hydrogens (tertiary/aromatic N) is 2. The van der Waals surface area contributed by atoms with Crippen molar-refractivity contribution in [1.29, 1.82) is 0 Å². The second kappa shape index (κ2) is 18.8. The van der Waals surface area contributed by atoms with Crippen LogP contribution in [0.25, 0.3) is 0 Å². The molecule has 0 radical (unpaired) electrons. The van der Waals surface area contributed by atoms with Crippen molar-refractivity contribution >= 4 is 26.2 Å². The van der Waals surface area contributed by atoms with E-state index in [9.17, 15) is 14.7 Å². The van der Waals surface area contributed by atoms with Crippen LogP contribution in [0.15, 0.2) is 72.0 Å². The number of likely N-dealkylation sites (N-methyl/N-ethyl adjacent to an activating group) is 2. The van der Waals surface area contributed by atoms with Crippen LogP contribution in [0.2, 0.25) is 16.6 Å². The summed E-state index contributed by atoms with van der Waals surface area (Å²) >= 11 is 0. The van der Waals surface area contributed by atoms with Gasteiger partial charge in [0.05, 0.1) is 29.8 Å². The lowest BCUT2D eigenvalue weighted by Crippen LogP contribution is -2.78. The molecule has 2 N–H and O–H groups in total. The van der Waals surface area contributed by atoms with Crippen LogP contribution in [0, 0.1) is 22.6 Å². The normalized spacial score (nSPS) is 33.0. The summed E-state index contributed by atoms with van der Waals surface area (Å²) in [5.41, 5.74) is -4.33. The third-order valence-corrected chi connectivity index (χ3v) is 21.9. The summed E-state index contributed by atoms with van der Waals surface area (Å²) in [6.07, 6.45) is -2.12. The number of hydrogen-bond donors (Lipinski definition) is 2. The molecule has 3 fully saturated rings. The molecule has 16 heteroatoms. The Balaban J connectivity index is 1.45. The first-order valence-electron chi connectivity index (χ1n) is 23.7. The molecule has 2 aromatic rings. The van der Waals surface area contributed by atoms with Gasteiger partial charge in [-0.3, -0.25) is 9.78 Å². The molecule has 14 nitrogen and oxygen atoms in total. The number of pyridine rings is 1. The first-order valence-corrected chi connectivity index (χ1v) is 25.9. The highest BCUT2D eigenvalue weighted by atomic mass is 28.4. The number of carbonyl (C=O) groups is 3. The topological polar surface area (TPSA) is 164 Å². The zero-order valence-electron chi connectivity index (χ0n) is 41.6. The first kappa shape index (κ1) is 51.0. The van der Waals surface area contributed by atoms with Crippen LogP contribution >= 0.6 is 0 Å². The summed E-state index contributed by atoms with van der Waals surface area (Å²) in [5, 5.41) is 17.3. The van der Waals surface area contributed by atoms with E-state index in [4.69, 9.17) is 32.8 Å². The van der Waals surface area contributed by atoms with Crippen LogP contribution < -0.4 is 5.32 Å². The average molecular weight is 950 g/mol. The lowest BCUT2D eigenvalue weighted by atomic mass is 9.46. The number of aromatic nitrogens is 1. The summed E-state index contributed by atoms with van der Waals surface area (Å²) in [7, 11) is 2.54. The maximum absolute atomic E-state index is 15.8. The number of ether oxygens (including phenoxy) is 6. The Morgan fingerprint density at radius 3 is 2.19 bits per heavy atom. The number of carbonyl (C=O) groups excluding carboxylic acids is 3. The minimum absolute atomic E-state index is 0.00777. The van der Waals surface area contributed by atoms with Gasteiger partial charge >= 0.3 is 17.9 Å². The summed E-state index contributed by atoms with van der Waals surface area (Å²) in [6.45, 7) is 21.8. The molecule has 3 heterocycles. The third kappa shape index (κ3) is 8.44. The van der Waals surface area contributed by atoms with E-state index in [1.54, 1.807) is 37.4 Å². The molecule has 0 unspecified atom stereocenters. The van der Waals surface area contributed by atoms with E-state index in [-0.39, 0.29) is 40.9 Å². The summed E-state index contributed by atoms with van der Waals surface area (Å²) in [4.78, 5) is 49.7. The van der Waals surface area contributed by atoms with Gasteiger partial charge in [-0.2, -0.15) is 0 Å². The molecule has 7 rings (SSSR count). The van der Waals surface area contributed by atoms with E-state index in [0.717, 1.165) is 0 Å². The van der Waals surface area contributed by atoms with Gasteiger partial charge in [-0.05, 0) is 80.1 Å². The number of fused-ring (bicyclic) bond motifs is 8. The van der Waals surface area contributed by atoms with Crippen LogP contribution in [-0.4, -0.2) is 130 Å². The van der Waals surface area contributed by atoms with Gasteiger partial charge in [0.2, 0.25) is 8.32 Å². The zero-order valence-corrected chi connectivity index (χ0v) is 42.6. The Kier molecular flexibility index (Phi) is 14.3. The second-order valence-electron chi connectivity index (χ2n) is 21.2. The maximum atomic E-state index is 15.8. The number of halogens is 1. The molecule has 2 saturated heterocycles. The smallest absolute Gasteiger partial charge is 0.338 e. The number of nitrogens with one attached hydrogen (secondary N) is 1. The molecule has 12 atom stereocenters. The van der Waals surface area contributed by atoms with E-state index in [1.807, 2.05) is 58.8 Å². The van der Waals surface area contributed by atoms with E-state index in [2.05, 4.69) is 51.8 Å². The molecule has 3 aliphatic carbocycles. The molecule has 2 bridgehead atoms. The van der Waals surface area contributed by atoms with Gasteiger partial charge in [0.1, 0.15) is 41.9 Å². The maximum Gasteiger partial charge on any atom is 0.338 e. The third-order valence-electron chi connectivity index (χ3n) is 15.8. The molecule has 0 amide bonds. The largest absolute Gasteiger partial charge is 0.456 e. The number of esters is 3. The van der Waals surface area contributed by atoms with Crippen LogP contribution in [0.3, 0.4) is 0 Å². The summed E-state index contributed by atoms with van der Waals surface area (Å²) in [6, 6.07) is 10.2. The van der Waals surface area contributed by atoms with Crippen molar-refractivity contribution in [3.8, 4) is 0 Å². The standard InChI is InChI=1S/C51H72FN3O11Si/c1-28(2)67(29(3)4,30(5)6)66-42(40(53-12)39-34(52)21-18-24-54-39)47(58)61-35-25-51(59)45(64-46(57)33-19-16-15-17-20-33)43-49(11,23-22-36-50(43,27-60-36)65-32(8)56)44-41(38(31(35)7)48(51,9)10)62-37(63-44)26-55(13)14/h15-24,28-30,35-37,40-45,53,59H,25-27H2,1-14H3/t35-,36+,37+,40-,41+,42+,43-,44+,45-,49+,50-,51+/m0/s1. The van der Waals surface area contributed by atoms with Gasteiger partial charge in [-0.1, -0.05) is 92.7 Å².